The Morgan fingerprint density at radius 3 is 1.43 bits per heavy atom. The van der Waals surface area contributed by atoms with Crippen molar-refractivity contribution in [1.82, 2.24) is 0 Å². The van der Waals surface area contributed by atoms with Gasteiger partial charge in [-0.2, -0.15) is 8.42 Å². The van der Waals surface area contributed by atoms with Crippen molar-refractivity contribution in [3.8, 4) is 0 Å². The molecule has 116 valence electrons. The van der Waals surface area contributed by atoms with Crippen LogP contribution in [0.1, 0.15) is 0 Å². The zero-order valence-corrected chi connectivity index (χ0v) is 13.1. The van der Waals surface area contributed by atoms with E-state index in [0.717, 1.165) is 0 Å². The monoisotopic (exact) mass is 325 g/mol. The van der Waals surface area contributed by atoms with Crippen LogP contribution in [0.3, 0.4) is 0 Å². The van der Waals surface area contributed by atoms with Gasteiger partial charge >= 0.3 is 10.1 Å². The lowest BCUT2D eigenvalue weighted by atomic mass is 10.2. The van der Waals surface area contributed by atoms with Crippen molar-refractivity contribution in [2.45, 2.75) is 4.90 Å². The minimum absolute atomic E-state index is 0.108. The van der Waals surface area contributed by atoms with Crippen molar-refractivity contribution in [1.29, 1.82) is 0 Å². The van der Waals surface area contributed by atoms with E-state index in [9.17, 15) is 8.42 Å². The van der Waals surface area contributed by atoms with Crippen molar-refractivity contribution in [2.75, 3.05) is 5.06 Å². The van der Waals surface area contributed by atoms with Crippen LogP contribution in [0.25, 0.3) is 0 Å². The normalized spacial score (nSPS) is 11.1. The standard InChI is InChI=1S/C18H15NO3S/c20-23(21,18-14-8-3-9-15-18)22-19(16-10-4-1-5-11-16)17-12-6-2-7-13-17/h1-15H. The number of hydrogen-bond donors (Lipinski definition) is 0. The van der Waals surface area contributed by atoms with E-state index in [1.165, 1.54) is 17.2 Å². The second-order valence-electron chi connectivity index (χ2n) is 4.81. The second kappa shape index (κ2) is 6.64. The molecule has 0 aliphatic heterocycles. The van der Waals surface area contributed by atoms with E-state index in [4.69, 9.17) is 4.28 Å². The molecule has 0 radical (unpaired) electrons. The first-order valence-electron chi connectivity index (χ1n) is 7.07. The molecule has 0 saturated heterocycles. The molecular weight excluding hydrogens is 310 g/mol. The van der Waals surface area contributed by atoms with Crippen molar-refractivity contribution >= 4 is 21.5 Å². The fraction of sp³-hybridized carbons (Fsp3) is 0. The lowest BCUT2D eigenvalue weighted by Gasteiger charge is -2.23. The molecule has 0 atom stereocenters. The van der Waals surface area contributed by atoms with Crippen LogP contribution in [0, 0.1) is 0 Å². The van der Waals surface area contributed by atoms with Gasteiger partial charge < -0.3 is 0 Å². The molecule has 23 heavy (non-hydrogen) atoms. The zero-order chi connectivity index (χ0) is 16.1. The Morgan fingerprint density at radius 1 is 0.609 bits per heavy atom. The summed E-state index contributed by atoms with van der Waals surface area (Å²) in [7, 11) is -3.93. The van der Waals surface area contributed by atoms with Crippen LogP contribution in [0.2, 0.25) is 0 Å². The van der Waals surface area contributed by atoms with Gasteiger partial charge in [0.25, 0.3) is 0 Å². The first-order chi connectivity index (χ1) is 11.2. The topological polar surface area (TPSA) is 46.6 Å². The SMILES string of the molecule is O=S(=O)(ON(c1ccccc1)c1ccccc1)c1ccccc1. The maximum atomic E-state index is 12.5. The molecule has 3 rings (SSSR count). The van der Waals surface area contributed by atoms with Gasteiger partial charge in [0, 0.05) is 0 Å². The molecule has 0 aliphatic rings. The minimum atomic E-state index is -3.93. The van der Waals surface area contributed by atoms with Gasteiger partial charge in [0.15, 0.2) is 0 Å². The summed E-state index contributed by atoms with van der Waals surface area (Å²) in [6.45, 7) is 0. The minimum Gasteiger partial charge on any atom is -0.204 e. The highest BCUT2D eigenvalue weighted by Crippen LogP contribution is 2.28. The van der Waals surface area contributed by atoms with Crippen molar-refractivity contribution in [3.63, 3.8) is 0 Å². The van der Waals surface area contributed by atoms with E-state index < -0.39 is 10.1 Å². The number of nitrogens with zero attached hydrogens (tertiary/aromatic N) is 1. The van der Waals surface area contributed by atoms with E-state index in [2.05, 4.69) is 0 Å². The molecule has 0 amide bonds. The number of benzene rings is 3. The third kappa shape index (κ3) is 3.59. The van der Waals surface area contributed by atoms with E-state index in [1.807, 2.05) is 36.4 Å². The summed E-state index contributed by atoms with van der Waals surface area (Å²) < 4.78 is 30.5. The summed E-state index contributed by atoms with van der Waals surface area (Å²) in [5.74, 6) is 0. The van der Waals surface area contributed by atoms with Gasteiger partial charge in [0.05, 0.1) is 16.3 Å². The van der Waals surface area contributed by atoms with E-state index >= 15 is 0 Å². The zero-order valence-electron chi connectivity index (χ0n) is 12.2. The summed E-state index contributed by atoms with van der Waals surface area (Å²) in [6.07, 6.45) is 0. The highest BCUT2D eigenvalue weighted by atomic mass is 32.2. The molecule has 0 fully saturated rings. The Labute approximate surface area is 135 Å². The Morgan fingerprint density at radius 2 is 1.00 bits per heavy atom. The van der Waals surface area contributed by atoms with Crippen LogP contribution in [0.5, 0.6) is 0 Å². The fourth-order valence-corrected chi connectivity index (χ4v) is 3.04. The average Bonchev–Trinajstić information content (AvgIpc) is 2.62. The van der Waals surface area contributed by atoms with Crippen LogP contribution in [-0.2, 0) is 14.4 Å². The van der Waals surface area contributed by atoms with Gasteiger partial charge in [-0.3, -0.25) is 0 Å². The van der Waals surface area contributed by atoms with Crippen molar-refractivity contribution < 1.29 is 12.7 Å². The molecule has 0 aliphatic carbocycles. The van der Waals surface area contributed by atoms with Gasteiger partial charge in [0.1, 0.15) is 0 Å². The van der Waals surface area contributed by atoms with Crippen LogP contribution in [0.15, 0.2) is 95.9 Å². The maximum absolute atomic E-state index is 12.5. The first kappa shape index (κ1) is 15.3. The van der Waals surface area contributed by atoms with Crippen LogP contribution >= 0.6 is 0 Å². The first-order valence-corrected chi connectivity index (χ1v) is 8.47. The molecule has 5 heteroatoms. The molecular formula is C18H15NO3S. The third-order valence-electron chi connectivity index (χ3n) is 3.19. The maximum Gasteiger partial charge on any atom is 0.318 e. The summed E-state index contributed by atoms with van der Waals surface area (Å²) >= 11 is 0. The highest BCUT2D eigenvalue weighted by Gasteiger charge is 2.22. The largest absolute Gasteiger partial charge is 0.318 e. The Hall–Kier alpha value is -2.63. The molecule has 0 bridgehead atoms. The van der Waals surface area contributed by atoms with Gasteiger partial charge in [-0.15, -0.1) is 4.28 Å². The Balaban J connectivity index is 2.00. The smallest absolute Gasteiger partial charge is 0.204 e. The van der Waals surface area contributed by atoms with Gasteiger partial charge in [-0.05, 0) is 36.4 Å². The van der Waals surface area contributed by atoms with Gasteiger partial charge in [0.2, 0.25) is 0 Å². The molecule has 4 nitrogen and oxygen atoms in total. The van der Waals surface area contributed by atoms with E-state index in [-0.39, 0.29) is 4.90 Å². The third-order valence-corrected chi connectivity index (χ3v) is 4.38. The van der Waals surface area contributed by atoms with Crippen LogP contribution < -0.4 is 5.06 Å². The highest BCUT2D eigenvalue weighted by molar-refractivity contribution is 7.86. The lowest BCUT2D eigenvalue weighted by molar-refractivity contribution is 0.323. The summed E-state index contributed by atoms with van der Waals surface area (Å²) in [4.78, 5) is 0.108. The predicted molar refractivity (Wildman–Crippen MR) is 89.7 cm³/mol. The Kier molecular flexibility index (Phi) is 4.41. The second-order valence-corrected chi connectivity index (χ2v) is 6.34. The summed E-state index contributed by atoms with van der Waals surface area (Å²) in [5, 5.41) is 1.31. The number of rotatable bonds is 5. The molecule has 0 spiro atoms. The predicted octanol–water partition coefficient (Wildman–Crippen LogP) is 4.15. The molecule has 0 heterocycles. The number of para-hydroxylation sites is 2. The van der Waals surface area contributed by atoms with Crippen molar-refractivity contribution in [3.05, 3.63) is 91.0 Å². The van der Waals surface area contributed by atoms with Crippen LogP contribution in [0.4, 0.5) is 11.4 Å². The fourth-order valence-electron chi connectivity index (χ4n) is 2.09. The molecule has 0 aromatic heterocycles. The lowest BCUT2D eigenvalue weighted by Crippen LogP contribution is -2.22. The summed E-state index contributed by atoms with van der Waals surface area (Å²) in [5.41, 5.74) is 1.25. The number of hydrogen-bond acceptors (Lipinski definition) is 4. The molecule has 0 unspecified atom stereocenters. The molecule has 3 aromatic rings. The summed E-state index contributed by atoms with van der Waals surface area (Å²) in [6, 6.07) is 26.2. The Bertz CT molecular complexity index is 811. The molecule has 3 aromatic carbocycles. The molecule has 0 N–H and O–H groups in total. The van der Waals surface area contributed by atoms with E-state index in [0.29, 0.717) is 11.4 Å². The average molecular weight is 325 g/mol. The number of anilines is 2. The van der Waals surface area contributed by atoms with Crippen molar-refractivity contribution in [2.24, 2.45) is 0 Å². The van der Waals surface area contributed by atoms with E-state index in [1.54, 1.807) is 42.5 Å². The van der Waals surface area contributed by atoms with Gasteiger partial charge in [-0.1, -0.05) is 54.6 Å². The quantitative estimate of drug-likeness (QED) is 0.661. The van der Waals surface area contributed by atoms with Gasteiger partial charge in [-0.25, -0.2) is 5.06 Å². The molecule has 0 saturated carbocycles. The van der Waals surface area contributed by atoms with Crippen LogP contribution in [-0.4, -0.2) is 8.42 Å².